The first-order valence-electron chi connectivity index (χ1n) is 6.56. The molecule has 0 aliphatic heterocycles. The second kappa shape index (κ2) is 3.07. The van der Waals surface area contributed by atoms with Gasteiger partial charge >= 0.3 is 0 Å². The number of benzene rings is 2. The first-order chi connectivity index (χ1) is 9.43. The van der Waals surface area contributed by atoms with Crippen molar-refractivity contribution < 1.29 is 0 Å². The van der Waals surface area contributed by atoms with E-state index in [1.807, 2.05) is 0 Å². The monoisotopic (exact) mass is 241 g/mol. The molecule has 0 N–H and O–H groups in total. The molecule has 0 amide bonds. The predicted octanol–water partition coefficient (Wildman–Crippen LogP) is 4.84. The Bertz CT molecular complexity index is 1050. The van der Waals surface area contributed by atoms with Crippen LogP contribution >= 0.6 is 0 Å². The van der Waals surface area contributed by atoms with Gasteiger partial charge in [-0.3, -0.25) is 0 Å². The van der Waals surface area contributed by atoms with Crippen LogP contribution in [0, 0.1) is 0 Å². The van der Waals surface area contributed by atoms with Crippen molar-refractivity contribution in [1.82, 2.24) is 4.40 Å². The van der Waals surface area contributed by atoms with Crippen LogP contribution in [0.5, 0.6) is 0 Å². The van der Waals surface area contributed by atoms with Crippen LogP contribution in [0.3, 0.4) is 0 Å². The lowest BCUT2D eigenvalue weighted by molar-refractivity contribution is 1.35. The molecule has 0 aliphatic rings. The minimum Gasteiger partial charge on any atom is -0.309 e. The topological polar surface area (TPSA) is 4.41 Å². The summed E-state index contributed by atoms with van der Waals surface area (Å²) < 4.78 is 2.38. The van der Waals surface area contributed by atoms with E-state index in [-0.39, 0.29) is 0 Å². The summed E-state index contributed by atoms with van der Waals surface area (Å²) in [6.45, 7) is 0. The fraction of sp³-hybridized carbons (Fsp3) is 0. The minimum atomic E-state index is 1.27. The summed E-state index contributed by atoms with van der Waals surface area (Å²) in [6, 6.07) is 24.1. The summed E-state index contributed by atoms with van der Waals surface area (Å²) in [4.78, 5) is 0. The van der Waals surface area contributed by atoms with E-state index in [4.69, 9.17) is 0 Å². The van der Waals surface area contributed by atoms with E-state index in [9.17, 15) is 0 Å². The van der Waals surface area contributed by atoms with Gasteiger partial charge in [0.05, 0.1) is 11.0 Å². The fourth-order valence-electron chi connectivity index (χ4n) is 3.32. The Hall–Kier alpha value is -2.54. The number of aromatic nitrogens is 1. The summed E-state index contributed by atoms with van der Waals surface area (Å²) in [5, 5.41) is 5.31. The van der Waals surface area contributed by atoms with Crippen molar-refractivity contribution >= 4 is 38.1 Å². The lowest BCUT2D eigenvalue weighted by atomic mass is 10.0. The number of nitrogens with zero attached hydrogens (tertiary/aromatic N) is 1. The van der Waals surface area contributed by atoms with E-state index in [2.05, 4.69) is 71.1 Å². The highest BCUT2D eigenvalue weighted by atomic mass is 14.9. The SMILES string of the molecule is c1ccc2c(c1)c1cccc3ccc4ccc2n4c31. The van der Waals surface area contributed by atoms with E-state index in [0.29, 0.717) is 0 Å². The molecule has 0 aliphatic carbocycles. The van der Waals surface area contributed by atoms with Crippen molar-refractivity contribution in [3.05, 3.63) is 66.7 Å². The van der Waals surface area contributed by atoms with Gasteiger partial charge in [-0.1, -0.05) is 48.5 Å². The number of hydrogen-bond donors (Lipinski definition) is 0. The van der Waals surface area contributed by atoms with E-state index < -0.39 is 0 Å². The van der Waals surface area contributed by atoms with Gasteiger partial charge in [0.1, 0.15) is 0 Å². The molecule has 0 bridgehead atoms. The molecule has 0 spiro atoms. The molecule has 0 fully saturated rings. The lowest BCUT2D eigenvalue weighted by Crippen LogP contribution is -1.92. The van der Waals surface area contributed by atoms with E-state index in [1.54, 1.807) is 0 Å². The molecule has 88 valence electrons. The third kappa shape index (κ3) is 1.02. The smallest absolute Gasteiger partial charge is 0.0612 e. The average Bonchev–Trinajstić information content (AvgIpc) is 2.91. The van der Waals surface area contributed by atoms with E-state index in [0.717, 1.165) is 0 Å². The second-order valence-electron chi connectivity index (χ2n) is 5.10. The molecule has 5 rings (SSSR count). The van der Waals surface area contributed by atoms with Crippen LogP contribution in [0.15, 0.2) is 66.7 Å². The molecule has 0 unspecified atom stereocenters. The van der Waals surface area contributed by atoms with Gasteiger partial charge < -0.3 is 4.40 Å². The molecular weight excluding hydrogens is 230 g/mol. The van der Waals surface area contributed by atoms with Gasteiger partial charge in [0.25, 0.3) is 0 Å². The quantitative estimate of drug-likeness (QED) is 0.270. The normalized spacial score (nSPS) is 12.2. The van der Waals surface area contributed by atoms with Gasteiger partial charge in [0.2, 0.25) is 0 Å². The summed E-state index contributed by atoms with van der Waals surface area (Å²) in [6.07, 6.45) is 0. The summed E-state index contributed by atoms with van der Waals surface area (Å²) in [5.41, 5.74) is 3.90. The highest BCUT2D eigenvalue weighted by Gasteiger charge is 2.11. The number of para-hydroxylation sites is 1. The number of rotatable bonds is 0. The van der Waals surface area contributed by atoms with Gasteiger partial charge in [-0.05, 0) is 29.0 Å². The molecule has 0 saturated heterocycles. The van der Waals surface area contributed by atoms with E-state index in [1.165, 1.54) is 38.1 Å². The van der Waals surface area contributed by atoms with Crippen molar-refractivity contribution in [2.75, 3.05) is 0 Å². The zero-order valence-corrected chi connectivity index (χ0v) is 10.3. The molecule has 3 heterocycles. The largest absolute Gasteiger partial charge is 0.309 e. The maximum atomic E-state index is 2.38. The maximum Gasteiger partial charge on any atom is 0.0612 e. The Balaban J connectivity index is 2.34. The van der Waals surface area contributed by atoms with Gasteiger partial charge in [0.15, 0.2) is 0 Å². The number of pyridine rings is 2. The van der Waals surface area contributed by atoms with Crippen molar-refractivity contribution in [1.29, 1.82) is 0 Å². The van der Waals surface area contributed by atoms with Crippen LogP contribution in [0.4, 0.5) is 0 Å². The number of fused-ring (bicyclic) bond motifs is 3. The second-order valence-corrected chi connectivity index (χ2v) is 5.10. The molecule has 19 heavy (non-hydrogen) atoms. The molecule has 5 aromatic rings. The standard InChI is InChI=1S/C18H11N/c1-2-6-15-14(5-1)16-7-3-4-12-8-9-13-10-11-17(15)19(13)18(12)16/h1-11H. The maximum absolute atomic E-state index is 2.38. The van der Waals surface area contributed by atoms with Crippen LogP contribution in [0.2, 0.25) is 0 Å². The Morgan fingerprint density at radius 1 is 0.579 bits per heavy atom. The van der Waals surface area contributed by atoms with Gasteiger partial charge in [-0.15, -0.1) is 0 Å². The Labute approximate surface area is 110 Å². The molecule has 0 radical (unpaired) electrons. The minimum absolute atomic E-state index is 1.27. The van der Waals surface area contributed by atoms with Crippen molar-refractivity contribution in [2.24, 2.45) is 0 Å². The first kappa shape index (κ1) is 9.40. The summed E-state index contributed by atoms with van der Waals surface area (Å²) >= 11 is 0. The Morgan fingerprint density at radius 3 is 2.32 bits per heavy atom. The average molecular weight is 241 g/mol. The predicted molar refractivity (Wildman–Crippen MR) is 81.1 cm³/mol. The summed E-state index contributed by atoms with van der Waals surface area (Å²) in [5.74, 6) is 0. The molecule has 1 nitrogen and oxygen atoms in total. The van der Waals surface area contributed by atoms with Crippen molar-refractivity contribution in [2.45, 2.75) is 0 Å². The third-order valence-corrected chi connectivity index (χ3v) is 4.13. The van der Waals surface area contributed by atoms with Crippen LogP contribution in [0.1, 0.15) is 0 Å². The molecule has 2 aromatic carbocycles. The van der Waals surface area contributed by atoms with Crippen LogP contribution in [-0.4, -0.2) is 4.40 Å². The molecule has 3 aromatic heterocycles. The number of hydrogen-bond acceptors (Lipinski definition) is 0. The third-order valence-electron chi connectivity index (χ3n) is 4.13. The zero-order chi connectivity index (χ0) is 12.4. The summed E-state index contributed by atoms with van der Waals surface area (Å²) in [7, 11) is 0. The van der Waals surface area contributed by atoms with Crippen LogP contribution < -0.4 is 0 Å². The lowest BCUT2D eigenvalue weighted by Gasteiger charge is -2.12. The van der Waals surface area contributed by atoms with Crippen molar-refractivity contribution in [3.63, 3.8) is 0 Å². The molecule has 0 atom stereocenters. The van der Waals surface area contributed by atoms with Gasteiger partial charge in [0, 0.05) is 16.3 Å². The van der Waals surface area contributed by atoms with Gasteiger partial charge in [-0.25, -0.2) is 0 Å². The first-order valence-corrected chi connectivity index (χ1v) is 6.56. The van der Waals surface area contributed by atoms with Crippen LogP contribution in [0.25, 0.3) is 38.1 Å². The molecule has 0 saturated carbocycles. The molecular formula is C18H11N. The fourth-order valence-corrected chi connectivity index (χ4v) is 3.32. The van der Waals surface area contributed by atoms with Gasteiger partial charge in [-0.2, -0.15) is 0 Å². The van der Waals surface area contributed by atoms with E-state index >= 15 is 0 Å². The van der Waals surface area contributed by atoms with Crippen LogP contribution in [-0.2, 0) is 0 Å². The highest BCUT2D eigenvalue weighted by Crippen LogP contribution is 2.34. The molecule has 1 heteroatoms. The Kier molecular flexibility index (Phi) is 1.52. The van der Waals surface area contributed by atoms with Crippen molar-refractivity contribution in [3.8, 4) is 0 Å². The Morgan fingerprint density at radius 2 is 1.37 bits per heavy atom. The highest BCUT2D eigenvalue weighted by molar-refractivity contribution is 6.17. The zero-order valence-electron chi connectivity index (χ0n) is 10.3.